The maximum Gasteiger partial charge on any atom is 0.119 e. The SMILES string of the molecule is CC(C)(C)NCc1cccc(OCCCCCO)c1. The van der Waals surface area contributed by atoms with Crippen LogP contribution in [0.25, 0.3) is 0 Å². The van der Waals surface area contributed by atoms with E-state index in [1.54, 1.807) is 0 Å². The summed E-state index contributed by atoms with van der Waals surface area (Å²) in [4.78, 5) is 0. The van der Waals surface area contributed by atoms with Crippen LogP contribution in [0.4, 0.5) is 0 Å². The Kier molecular flexibility index (Phi) is 6.89. The molecule has 0 fully saturated rings. The fourth-order valence-electron chi connectivity index (χ4n) is 1.69. The first-order valence-electron chi connectivity index (χ1n) is 7.09. The van der Waals surface area contributed by atoms with E-state index in [2.05, 4.69) is 38.2 Å². The van der Waals surface area contributed by atoms with E-state index in [1.807, 2.05) is 12.1 Å². The highest BCUT2D eigenvalue weighted by atomic mass is 16.5. The van der Waals surface area contributed by atoms with Crippen LogP contribution in [0.3, 0.4) is 0 Å². The van der Waals surface area contributed by atoms with Crippen LogP contribution in [0.2, 0.25) is 0 Å². The first-order chi connectivity index (χ1) is 9.01. The Hall–Kier alpha value is -1.06. The molecular weight excluding hydrogens is 238 g/mol. The number of benzene rings is 1. The van der Waals surface area contributed by atoms with Crippen LogP contribution >= 0.6 is 0 Å². The standard InChI is InChI=1S/C16H27NO2/c1-16(2,3)17-13-14-8-7-9-15(12-14)19-11-6-4-5-10-18/h7-9,12,17-18H,4-6,10-11,13H2,1-3H3. The van der Waals surface area contributed by atoms with E-state index in [4.69, 9.17) is 9.84 Å². The highest BCUT2D eigenvalue weighted by Crippen LogP contribution is 2.14. The Morgan fingerprint density at radius 3 is 2.63 bits per heavy atom. The van der Waals surface area contributed by atoms with Gasteiger partial charge in [-0.15, -0.1) is 0 Å². The largest absolute Gasteiger partial charge is 0.494 e. The van der Waals surface area contributed by atoms with Gasteiger partial charge in [-0.25, -0.2) is 0 Å². The second-order valence-corrected chi connectivity index (χ2v) is 5.88. The molecule has 3 nitrogen and oxygen atoms in total. The molecule has 3 heteroatoms. The summed E-state index contributed by atoms with van der Waals surface area (Å²) < 4.78 is 5.72. The van der Waals surface area contributed by atoms with Crippen LogP contribution in [-0.2, 0) is 6.54 Å². The summed E-state index contributed by atoms with van der Waals surface area (Å²) in [6.07, 6.45) is 2.87. The van der Waals surface area contributed by atoms with E-state index < -0.39 is 0 Å². The third-order valence-electron chi connectivity index (χ3n) is 2.79. The van der Waals surface area contributed by atoms with Crippen LogP contribution in [0.15, 0.2) is 24.3 Å². The molecule has 0 aromatic heterocycles. The summed E-state index contributed by atoms with van der Waals surface area (Å²) in [6, 6.07) is 8.22. The lowest BCUT2D eigenvalue weighted by atomic mass is 10.1. The van der Waals surface area contributed by atoms with Gasteiger partial charge in [-0.3, -0.25) is 0 Å². The van der Waals surface area contributed by atoms with Gasteiger partial charge in [0.05, 0.1) is 6.61 Å². The summed E-state index contributed by atoms with van der Waals surface area (Å²) in [5.41, 5.74) is 1.36. The number of ether oxygens (including phenoxy) is 1. The molecule has 1 aromatic rings. The van der Waals surface area contributed by atoms with Gasteiger partial charge < -0.3 is 15.2 Å². The van der Waals surface area contributed by atoms with Gasteiger partial charge in [0.15, 0.2) is 0 Å². The molecule has 0 radical (unpaired) electrons. The molecule has 0 aliphatic carbocycles. The fraction of sp³-hybridized carbons (Fsp3) is 0.625. The van der Waals surface area contributed by atoms with Crippen LogP contribution in [0.5, 0.6) is 5.75 Å². The van der Waals surface area contributed by atoms with E-state index in [1.165, 1.54) is 5.56 Å². The molecule has 0 aliphatic heterocycles. The minimum Gasteiger partial charge on any atom is -0.494 e. The highest BCUT2D eigenvalue weighted by molar-refractivity contribution is 5.28. The Morgan fingerprint density at radius 1 is 1.16 bits per heavy atom. The zero-order valence-electron chi connectivity index (χ0n) is 12.4. The zero-order chi connectivity index (χ0) is 14.1. The molecule has 0 saturated carbocycles. The predicted octanol–water partition coefficient (Wildman–Crippen LogP) is 3.12. The summed E-state index contributed by atoms with van der Waals surface area (Å²) in [6.45, 7) is 8.33. The first-order valence-corrected chi connectivity index (χ1v) is 7.09. The molecule has 19 heavy (non-hydrogen) atoms. The van der Waals surface area contributed by atoms with Crippen LogP contribution < -0.4 is 10.1 Å². The van der Waals surface area contributed by atoms with Crippen molar-refractivity contribution in [1.82, 2.24) is 5.32 Å². The number of nitrogens with one attached hydrogen (secondary N) is 1. The zero-order valence-corrected chi connectivity index (χ0v) is 12.4. The summed E-state index contributed by atoms with van der Waals surface area (Å²) in [7, 11) is 0. The number of hydrogen-bond donors (Lipinski definition) is 2. The number of aliphatic hydroxyl groups excluding tert-OH is 1. The Bertz CT molecular complexity index is 358. The molecule has 0 amide bonds. The fourth-order valence-corrected chi connectivity index (χ4v) is 1.69. The second kappa shape index (κ2) is 8.18. The Balaban J connectivity index is 2.35. The lowest BCUT2D eigenvalue weighted by Gasteiger charge is -2.20. The molecule has 0 aliphatic rings. The second-order valence-electron chi connectivity index (χ2n) is 5.88. The normalized spacial score (nSPS) is 11.6. The third-order valence-corrected chi connectivity index (χ3v) is 2.79. The van der Waals surface area contributed by atoms with Crippen molar-refractivity contribution in [3.63, 3.8) is 0 Å². The number of aliphatic hydroxyl groups is 1. The monoisotopic (exact) mass is 265 g/mol. The molecule has 0 atom stereocenters. The van der Waals surface area contributed by atoms with E-state index in [0.717, 1.165) is 38.2 Å². The summed E-state index contributed by atoms with van der Waals surface area (Å²) in [5.74, 6) is 0.928. The van der Waals surface area contributed by atoms with Crippen molar-refractivity contribution in [3.05, 3.63) is 29.8 Å². The summed E-state index contributed by atoms with van der Waals surface area (Å²) in [5, 5.41) is 12.2. The highest BCUT2D eigenvalue weighted by Gasteiger charge is 2.08. The third kappa shape index (κ3) is 7.85. The van der Waals surface area contributed by atoms with Crippen molar-refractivity contribution in [2.24, 2.45) is 0 Å². The van der Waals surface area contributed by atoms with Gasteiger partial charge in [0, 0.05) is 18.7 Å². The molecule has 2 N–H and O–H groups in total. The molecule has 0 saturated heterocycles. The van der Waals surface area contributed by atoms with E-state index in [9.17, 15) is 0 Å². The Labute approximate surface area is 117 Å². The van der Waals surface area contributed by atoms with Gasteiger partial charge in [-0.05, 0) is 57.7 Å². The van der Waals surface area contributed by atoms with E-state index in [-0.39, 0.29) is 12.1 Å². The molecule has 0 spiro atoms. The van der Waals surface area contributed by atoms with E-state index in [0.29, 0.717) is 0 Å². The summed E-state index contributed by atoms with van der Waals surface area (Å²) >= 11 is 0. The van der Waals surface area contributed by atoms with Crippen molar-refractivity contribution in [2.45, 2.75) is 52.1 Å². The molecule has 1 rings (SSSR count). The van der Waals surface area contributed by atoms with Crippen molar-refractivity contribution in [2.75, 3.05) is 13.2 Å². The van der Waals surface area contributed by atoms with Crippen molar-refractivity contribution >= 4 is 0 Å². The lowest BCUT2D eigenvalue weighted by molar-refractivity contribution is 0.266. The molecule has 0 heterocycles. The number of unbranched alkanes of at least 4 members (excludes halogenated alkanes) is 2. The van der Waals surface area contributed by atoms with Crippen LogP contribution in [0, 0.1) is 0 Å². The first kappa shape index (κ1) is 16.0. The van der Waals surface area contributed by atoms with Gasteiger partial charge in [0.1, 0.15) is 5.75 Å². The van der Waals surface area contributed by atoms with Crippen LogP contribution in [0.1, 0.15) is 45.6 Å². The predicted molar refractivity (Wildman–Crippen MR) is 79.5 cm³/mol. The lowest BCUT2D eigenvalue weighted by Crippen LogP contribution is -2.35. The van der Waals surface area contributed by atoms with Gasteiger partial charge in [-0.1, -0.05) is 12.1 Å². The topological polar surface area (TPSA) is 41.5 Å². The molecule has 1 aromatic carbocycles. The minimum atomic E-state index is 0.126. The Morgan fingerprint density at radius 2 is 1.95 bits per heavy atom. The van der Waals surface area contributed by atoms with Crippen molar-refractivity contribution in [3.8, 4) is 5.75 Å². The average Bonchev–Trinajstić information content (AvgIpc) is 2.36. The number of rotatable bonds is 8. The minimum absolute atomic E-state index is 0.126. The van der Waals surface area contributed by atoms with Gasteiger partial charge in [0.25, 0.3) is 0 Å². The maximum atomic E-state index is 8.70. The quantitative estimate of drug-likeness (QED) is 0.710. The van der Waals surface area contributed by atoms with Gasteiger partial charge in [-0.2, -0.15) is 0 Å². The van der Waals surface area contributed by atoms with Crippen molar-refractivity contribution in [1.29, 1.82) is 0 Å². The van der Waals surface area contributed by atoms with Gasteiger partial charge in [0.2, 0.25) is 0 Å². The molecular formula is C16H27NO2. The van der Waals surface area contributed by atoms with Crippen LogP contribution in [-0.4, -0.2) is 23.9 Å². The maximum absolute atomic E-state index is 8.70. The van der Waals surface area contributed by atoms with Crippen molar-refractivity contribution < 1.29 is 9.84 Å². The molecule has 108 valence electrons. The molecule has 0 bridgehead atoms. The number of hydrogen-bond acceptors (Lipinski definition) is 3. The van der Waals surface area contributed by atoms with Gasteiger partial charge >= 0.3 is 0 Å². The van der Waals surface area contributed by atoms with E-state index >= 15 is 0 Å². The average molecular weight is 265 g/mol. The smallest absolute Gasteiger partial charge is 0.119 e. The molecule has 0 unspecified atom stereocenters.